The summed E-state index contributed by atoms with van der Waals surface area (Å²) in [5, 5.41) is 19.5. The lowest BCUT2D eigenvalue weighted by Gasteiger charge is -2.23. The SMILES string of the molecule is Cc1c(C(=O)N2C[C@@H](CN(C)CCO)[C@@H](CO)C2)[nH]c2c(F)cccc12. The summed E-state index contributed by atoms with van der Waals surface area (Å²) >= 11 is 0. The zero-order chi connectivity index (χ0) is 18.8. The van der Waals surface area contributed by atoms with Crippen LogP contribution in [0.4, 0.5) is 4.39 Å². The van der Waals surface area contributed by atoms with Crippen LogP contribution in [0.1, 0.15) is 16.1 Å². The Morgan fingerprint density at radius 1 is 1.35 bits per heavy atom. The number of aromatic amines is 1. The quantitative estimate of drug-likeness (QED) is 0.721. The van der Waals surface area contributed by atoms with Gasteiger partial charge in [-0.3, -0.25) is 4.79 Å². The van der Waals surface area contributed by atoms with Gasteiger partial charge in [-0.05, 0) is 31.5 Å². The molecular weight excluding hydrogens is 337 g/mol. The van der Waals surface area contributed by atoms with Gasteiger partial charge in [0, 0.05) is 44.1 Å². The molecule has 0 unspecified atom stereocenters. The highest BCUT2D eigenvalue weighted by molar-refractivity contribution is 6.01. The molecule has 0 saturated carbocycles. The predicted octanol–water partition coefficient (Wildman–Crippen LogP) is 1.22. The molecule has 7 heteroatoms. The van der Waals surface area contributed by atoms with E-state index in [9.17, 15) is 14.3 Å². The summed E-state index contributed by atoms with van der Waals surface area (Å²) in [6, 6.07) is 4.81. The van der Waals surface area contributed by atoms with Crippen LogP contribution < -0.4 is 0 Å². The molecule has 2 aromatic rings. The van der Waals surface area contributed by atoms with Crippen LogP contribution in [0.2, 0.25) is 0 Å². The molecule has 1 amide bonds. The third kappa shape index (κ3) is 3.47. The van der Waals surface area contributed by atoms with E-state index in [1.54, 1.807) is 17.0 Å². The Morgan fingerprint density at radius 3 is 2.73 bits per heavy atom. The summed E-state index contributed by atoms with van der Waals surface area (Å²) in [5.41, 5.74) is 1.50. The zero-order valence-corrected chi connectivity index (χ0v) is 15.2. The van der Waals surface area contributed by atoms with Crippen LogP contribution in [0.15, 0.2) is 18.2 Å². The summed E-state index contributed by atoms with van der Waals surface area (Å²) in [5.74, 6) is -0.393. The monoisotopic (exact) mass is 363 g/mol. The van der Waals surface area contributed by atoms with E-state index in [2.05, 4.69) is 4.98 Å². The average Bonchev–Trinajstić information content (AvgIpc) is 3.17. The van der Waals surface area contributed by atoms with Gasteiger partial charge in [0.15, 0.2) is 0 Å². The van der Waals surface area contributed by atoms with Crippen LogP contribution in [0, 0.1) is 24.6 Å². The molecule has 1 aliphatic heterocycles. The molecule has 1 saturated heterocycles. The summed E-state index contributed by atoms with van der Waals surface area (Å²) in [6.07, 6.45) is 0. The summed E-state index contributed by atoms with van der Waals surface area (Å²) < 4.78 is 14.0. The lowest BCUT2D eigenvalue weighted by molar-refractivity contribution is 0.0773. The van der Waals surface area contributed by atoms with Crippen molar-refractivity contribution < 1.29 is 19.4 Å². The predicted molar refractivity (Wildman–Crippen MR) is 97.5 cm³/mol. The molecule has 0 aliphatic carbocycles. The van der Waals surface area contributed by atoms with Gasteiger partial charge in [-0.1, -0.05) is 12.1 Å². The van der Waals surface area contributed by atoms with Crippen molar-refractivity contribution in [1.82, 2.24) is 14.8 Å². The maximum absolute atomic E-state index is 14.0. The van der Waals surface area contributed by atoms with Crippen LogP contribution in [0.5, 0.6) is 0 Å². The smallest absolute Gasteiger partial charge is 0.270 e. The number of hydrogen-bond acceptors (Lipinski definition) is 4. The summed E-state index contributed by atoms with van der Waals surface area (Å²) in [6.45, 7) is 4.19. The molecule has 3 N–H and O–H groups in total. The maximum atomic E-state index is 14.0. The van der Waals surface area contributed by atoms with Gasteiger partial charge in [0.1, 0.15) is 11.5 Å². The van der Waals surface area contributed by atoms with Gasteiger partial charge in [0.25, 0.3) is 5.91 Å². The number of carbonyl (C=O) groups is 1. The molecule has 0 spiro atoms. The minimum atomic E-state index is -0.372. The molecule has 2 heterocycles. The van der Waals surface area contributed by atoms with Gasteiger partial charge in [-0.25, -0.2) is 4.39 Å². The van der Waals surface area contributed by atoms with Gasteiger partial charge in [0.05, 0.1) is 12.1 Å². The molecule has 2 atom stereocenters. The lowest BCUT2D eigenvalue weighted by atomic mass is 9.96. The van der Waals surface area contributed by atoms with Crippen molar-refractivity contribution in [3.05, 3.63) is 35.3 Å². The average molecular weight is 363 g/mol. The van der Waals surface area contributed by atoms with Crippen molar-refractivity contribution >= 4 is 16.8 Å². The number of nitrogens with one attached hydrogen (secondary N) is 1. The van der Waals surface area contributed by atoms with Crippen molar-refractivity contribution in [2.45, 2.75) is 6.92 Å². The molecule has 3 rings (SSSR count). The number of nitrogens with zero attached hydrogens (tertiary/aromatic N) is 2. The fourth-order valence-electron chi connectivity index (χ4n) is 3.87. The standard InChI is InChI=1S/C19H26FN3O3/c1-12-15-4-3-5-16(20)18(15)21-17(12)19(26)23-9-13(14(10-23)11-25)8-22(2)6-7-24/h3-5,13-14,21,24-25H,6-11H2,1-2H3/t13-,14-/m1/s1. The first-order chi connectivity index (χ1) is 12.5. The molecule has 0 bridgehead atoms. The largest absolute Gasteiger partial charge is 0.396 e. The normalized spacial score (nSPS) is 20.5. The third-order valence-electron chi connectivity index (χ3n) is 5.38. The van der Waals surface area contributed by atoms with Gasteiger partial charge in [-0.15, -0.1) is 0 Å². The first kappa shape index (κ1) is 18.8. The molecular formula is C19H26FN3O3. The number of carbonyl (C=O) groups excluding carboxylic acids is 1. The van der Waals surface area contributed by atoms with E-state index in [1.807, 2.05) is 18.9 Å². The number of amides is 1. The zero-order valence-electron chi connectivity index (χ0n) is 15.2. The Morgan fingerprint density at radius 2 is 2.08 bits per heavy atom. The molecule has 142 valence electrons. The second kappa shape index (κ2) is 7.73. The number of rotatable bonds is 6. The highest BCUT2D eigenvalue weighted by Crippen LogP contribution is 2.29. The second-order valence-electron chi connectivity index (χ2n) is 7.19. The summed E-state index contributed by atoms with van der Waals surface area (Å²) in [4.78, 5) is 19.7. The number of aryl methyl sites for hydroxylation is 1. The van der Waals surface area contributed by atoms with E-state index in [-0.39, 0.29) is 36.8 Å². The maximum Gasteiger partial charge on any atom is 0.270 e. The number of H-pyrrole nitrogens is 1. The van der Waals surface area contributed by atoms with E-state index in [4.69, 9.17) is 5.11 Å². The van der Waals surface area contributed by atoms with Gasteiger partial charge in [0.2, 0.25) is 0 Å². The lowest BCUT2D eigenvalue weighted by Crippen LogP contribution is -2.33. The van der Waals surface area contributed by atoms with Gasteiger partial charge < -0.3 is 25.0 Å². The van der Waals surface area contributed by atoms with E-state index in [0.29, 0.717) is 42.8 Å². The first-order valence-electron chi connectivity index (χ1n) is 8.92. The van der Waals surface area contributed by atoms with E-state index < -0.39 is 0 Å². The molecule has 1 aromatic heterocycles. The van der Waals surface area contributed by atoms with Crippen molar-refractivity contribution in [3.8, 4) is 0 Å². The number of para-hydroxylation sites is 1. The number of aliphatic hydroxyl groups is 2. The topological polar surface area (TPSA) is 79.8 Å². The van der Waals surface area contributed by atoms with Crippen LogP contribution in [-0.4, -0.2) is 77.3 Å². The number of benzene rings is 1. The molecule has 0 radical (unpaired) electrons. The van der Waals surface area contributed by atoms with Gasteiger partial charge >= 0.3 is 0 Å². The number of likely N-dealkylation sites (tertiary alicyclic amines) is 1. The Balaban J connectivity index is 1.80. The first-order valence-corrected chi connectivity index (χ1v) is 8.92. The van der Waals surface area contributed by atoms with Crippen molar-refractivity contribution in [2.75, 3.05) is 46.4 Å². The number of likely N-dealkylation sites (N-methyl/N-ethyl adjacent to an activating group) is 1. The van der Waals surface area contributed by atoms with Crippen molar-refractivity contribution in [3.63, 3.8) is 0 Å². The molecule has 1 aromatic carbocycles. The van der Waals surface area contributed by atoms with E-state index in [0.717, 1.165) is 5.56 Å². The number of aliphatic hydroxyl groups excluding tert-OH is 2. The number of aromatic nitrogens is 1. The fraction of sp³-hybridized carbons (Fsp3) is 0.526. The van der Waals surface area contributed by atoms with Crippen LogP contribution >= 0.6 is 0 Å². The highest BCUT2D eigenvalue weighted by Gasteiger charge is 2.36. The van der Waals surface area contributed by atoms with Crippen LogP contribution in [-0.2, 0) is 0 Å². The van der Waals surface area contributed by atoms with Crippen LogP contribution in [0.3, 0.4) is 0 Å². The van der Waals surface area contributed by atoms with Crippen LogP contribution in [0.25, 0.3) is 10.9 Å². The summed E-state index contributed by atoms with van der Waals surface area (Å²) in [7, 11) is 1.92. The number of fused-ring (bicyclic) bond motifs is 1. The fourth-order valence-corrected chi connectivity index (χ4v) is 3.87. The second-order valence-corrected chi connectivity index (χ2v) is 7.19. The van der Waals surface area contributed by atoms with Gasteiger partial charge in [-0.2, -0.15) is 0 Å². The Bertz CT molecular complexity index is 792. The Kier molecular flexibility index (Phi) is 5.60. The number of halogens is 1. The molecule has 26 heavy (non-hydrogen) atoms. The molecule has 6 nitrogen and oxygen atoms in total. The Hall–Kier alpha value is -1.96. The van der Waals surface area contributed by atoms with Crippen molar-refractivity contribution in [2.24, 2.45) is 11.8 Å². The van der Waals surface area contributed by atoms with Crippen molar-refractivity contribution in [1.29, 1.82) is 0 Å². The highest BCUT2D eigenvalue weighted by atomic mass is 19.1. The van der Waals surface area contributed by atoms with E-state index in [1.165, 1.54) is 6.07 Å². The minimum Gasteiger partial charge on any atom is -0.396 e. The molecule has 1 aliphatic rings. The minimum absolute atomic E-state index is 0.00140. The Labute approximate surface area is 152 Å². The van der Waals surface area contributed by atoms with E-state index >= 15 is 0 Å². The number of hydrogen-bond donors (Lipinski definition) is 3. The third-order valence-corrected chi connectivity index (χ3v) is 5.38. The molecule has 1 fully saturated rings.